The van der Waals surface area contributed by atoms with E-state index >= 15 is 0 Å². The second-order valence-electron chi connectivity index (χ2n) is 8.75. The van der Waals surface area contributed by atoms with E-state index in [4.69, 9.17) is 0 Å². The lowest BCUT2D eigenvalue weighted by molar-refractivity contribution is 0.126. The first-order valence-corrected chi connectivity index (χ1v) is 12.6. The fraction of sp³-hybridized carbons (Fsp3) is 0.630. The number of hydrogen-bond donors (Lipinski definition) is 4. The Morgan fingerprint density at radius 2 is 1.94 bits per heavy atom. The van der Waals surface area contributed by atoms with Gasteiger partial charge < -0.3 is 20.6 Å². The van der Waals surface area contributed by atoms with Gasteiger partial charge in [-0.2, -0.15) is 4.98 Å². The Balaban J connectivity index is 0.000000743. The first-order chi connectivity index (χ1) is 16.8. The molecule has 3 rings (SSSR count). The van der Waals surface area contributed by atoms with E-state index in [-0.39, 0.29) is 12.4 Å². The summed E-state index contributed by atoms with van der Waals surface area (Å²) in [5.74, 6) is 2.48. The molecule has 2 heterocycles. The molecule has 198 valence electrons. The minimum Gasteiger partial charge on any atom is -0.393 e. The Hall–Kier alpha value is -2.63. The largest absolute Gasteiger partial charge is 0.393 e. The summed E-state index contributed by atoms with van der Waals surface area (Å²) in [6.07, 6.45) is 17.6. The Bertz CT molecular complexity index is 746. The van der Waals surface area contributed by atoms with Crippen molar-refractivity contribution >= 4 is 17.5 Å². The SMILES string of the molecule is C#CF.C=CC.C=CCNC1Nc2cnc(NC3CCC(O)CC3)nc2N1C.CCCC(C)CC. The van der Waals surface area contributed by atoms with Crippen LogP contribution in [0.3, 0.4) is 0 Å². The molecule has 0 saturated heterocycles. The average Bonchev–Trinajstić information content (AvgIpc) is 3.15. The smallest absolute Gasteiger partial charge is 0.224 e. The number of hydrogen-bond acceptors (Lipinski definition) is 7. The zero-order valence-corrected chi connectivity index (χ0v) is 22.4. The van der Waals surface area contributed by atoms with Gasteiger partial charge in [-0.3, -0.25) is 5.32 Å². The van der Waals surface area contributed by atoms with Gasteiger partial charge in [0.1, 0.15) is 6.17 Å². The summed E-state index contributed by atoms with van der Waals surface area (Å²) < 4.78 is 9.82. The molecule has 1 aliphatic heterocycles. The number of aromatic nitrogens is 2. The van der Waals surface area contributed by atoms with Crippen molar-refractivity contribution in [2.45, 2.75) is 91.1 Å². The van der Waals surface area contributed by atoms with Gasteiger partial charge in [-0.25, -0.2) is 4.98 Å². The topological polar surface area (TPSA) is 85.3 Å². The van der Waals surface area contributed by atoms with Crippen LogP contribution in [-0.4, -0.2) is 47.1 Å². The molecule has 8 heteroatoms. The highest BCUT2D eigenvalue weighted by atomic mass is 19.1. The molecule has 1 aromatic rings. The molecule has 0 aromatic carbocycles. The van der Waals surface area contributed by atoms with E-state index in [1.54, 1.807) is 6.08 Å². The molecule has 1 aliphatic carbocycles. The maximum atomic E-state index is 9.82. The molecule has 1 saturated carbocycles. The van der Waals surface area contributed by atoms with Crippen LogP contribution in [0.2, 0.25) is 0 Å². The van der Waals surface area contributed by atoms with Crippen LogP contribution < -0.4 is 20.9 Å². The van der Waals surface area contributed by atoms with Gasteiger partial charge in [-0.1, -0.05) is 58.6 Å². The van der Waals surface area contributed by atoms with Crippen molar-refractivity contribution in [3.8, 4) is 12.6 Å². The normalized spacial score (nSPS) is 20.5. The van der Waals surface area contributed by atoms with E-state index in [9.17, 15) is 9.50 Å². The van der Waals surface area contributed by atoms with E-state index < -0.39 is 0 Å². The fourth-order valence-electron chi connectivity index (χ4n) is 3.66. The third kappa shape index (κ3) is 13.1. The van der Waals surface area contributed by atoms with Crippen LogP contribution in [0.25, 0.3) is 0 Å². The lowest BCUT2D eigenvalue weighted by Gasteiger charge is -2.26. The van der Waals surface area contributed by atoms with E-state index in [1.165, 1.54) is 19.3 Å². The third-order valence-corrected chi connectivity index (χ3v) is 5.75. The Morgan fingerprint density at radius 1 is 1.34 bits per heavy atom. The number of fused-ring (bicyclic) bond motifs is 1. The molecule has 0 radical (unpaired) electrons. The fourth-order valence-corrected chi connectivity index (χ4v) is 3.66. The lowest BCUT2D eigenvalue weighted by atomic mass is 9.93. The van der Waals surface area contributed by atoms with E-state index in [2.05, 4.69) is 71.2 Å². The van der Waals surface area contributed by atoms with Crippen molar-refractivity contribution in [1.29, 1.82) is 0 Å². The Kier molecular flexibility index (Phi) is 18.2. The number of anilines is 3. The number of allylic oxidation sites excluding steroid dienone is 1. The summed E-state index contributed by atoms with van der Waals surface area (Å²) >= 11 is 0. The quantitative estimate of drug-likeness (QED) is 0.275. The van der Waals surface area contributed by atoms with Crippen LogP contribution in [0.15, 0.2) is 31.5 Å². The summed E-state index contributed by atoms with van der Waals surface area (Å²) in [7, 11) is 1.99. The van der Waals surface area contributed by atoms with Crippen molar-refractivity contribution in [2.75, 3.05) is 29.1 Å². The minimum atomic E-state index is -0.147. The molecule has 1 fully saturated rings. The number of terminal acetylenes is 1. The highest BCUT2D eigenvalue weighted by molar-refractivity contribution is 5.71. The monoisotopic (exact) mass is 490 g/mol. The summed E-state index contributed by atoms with van der Waals surface area (Å²) in [4.78, 5) is 11.1. The number of nitrogens with zero attached hydrogens (tertiary/aromatic N) is 3. The number of rotatable bonds is 8. The number of halogens is 1. The first-order valence-electron chi connectivity index (χ1n) is 12.6. The predicted octanol–water partition coefficient (Wildman–Crippen LogP) is 5.68. The van der Waals surface area contributed by atoms with Gasteiger partial charge in [0.25, 0.3) is 0 Å². The van der Waals surface area contributed by atoms with Crippen molar-refractivity contribution in [3.63, 3.8) is 0 Å². The molecule has 35 heavy (non-hydrogen) atoms. The summed E-state index contributed by atoms with van der Waals surface area (Å²) in [6.45, 7) is 16.5. The summed E-state index contributed by atoms with van der Waals surface area (Å²) in [5.41, 5.74) is 0.925. The van der Waals surface area contributed by atoms with Gasteiger partial charge in [0.15, 0.2) is 12.1 Å². The molecule has 7 nitrogen and oxygen atoms in total. The second kappa shape index (κ2) is 19.7. The molecular weight excluding hydrogens is 443 g/mol. The van der Waals surface area contributed by atoms with Gasteiger partial charge in [0.05, 0.1) is 18.0 Å². The van der Waals surface area contributed by atoms with Crippen LogP contribution >= 0.6 is 0 Å². The van der Waals surface area contributed by atoms with E-state index in [1.807, 2.05) is 26.2 Å². The predicted molar refractivity (Wildman–Crippen MR) is 148 cm³/mol. The third-order valence-electron chi connectivity index (χ3n) is 5.75. The molecule has 0 amide bonds. The van der Waals surface area contributed by atoms with Gasteiger partial charge in [0.2, 0.25) is 5.95 Å². The van der Waals surface area contributed by atoms with Gasteiger partial charge in [0, 0.05) is 19.6 Å². The molecule has 2 atom stereocenters. The van der Waals surface area contributed by atoms with Crippen LogP contribution in [0, 0.1) is 18.5 Å². The zero-order chi connectivity index (χ0) is 26.6. The highest BCUT2D eigenvalue weighted by Gasteiger charge is 2.28. The first kappa shape index (κ1) is 32.4. The summed E-state index contributed by atoms with van der Waals surface area (Å²) in [5, 5.41) is 19.6. The Morgan fingerprint density at radius 3 is 2.43 bits per heavy atom. The zero-order valence-electron chi connectivity index (χ0n) is 22.4. The van der Waals surface area contributed by atoms with Crippen molar-refractivity contribution in [3.05, 3.63) is 31.5 Å². The molecular formula is C27H47FN6O. The van der Waals surface area contributed by atoms with Crippen LogP contribution in [0.5, 0.6) is 0 Å². The number of aliphatic hydroxyl groups excluding tert-OH is 1. The van der Waals surface area contributed by atoms with Gasteiger partial charge >= 0.3 is 0 Å². The minimum absolute atomic E-state index is 0.00220. The standard InChI is InChI=1S/C15H24N6O.C7H16.C3H6.C2HF/c1-3-8-16-15-19-12-9-17-14(20-13(12)21(15)2)18-10-4-6-11(22)7-5-10;1-4-6-7(3)5-2;1-3-2;1-2-3/h3,9-11,15-16,19,22H,1,4-8H2,2H3,(H,17,18,20);7H,4-6H2,1-3H3;3H,1H2,2H3;1H. The maximum Gasteiger partial charge on any atom is 0.224 e. The maximum absolute atomic E-state index is 9.82. The average molecular weight is 491 g/mol. The molecule has 0 bridgehead atoms. The van der Waals surface area contributed by atoms with E-state index in [0.29, 0.717) is 12.0 Å². The van der Waals surface area contributed by atoms with Gasteiger partial charge in [-0.15, -0.1) is 17.5 Å². The Labute approximate surface area is 212 Å². The highest BCUT2D eigenvalue weighted by Crippen LogP contribution is 2.31. The molecule has 4 N–H and O–H groups in total. The second-order valence-corrected chi connectivity index (χ2v) is 8.75. The summed E-state index contributed by atoms with van der Waals surface area (Å²) in [6, 6.07) is 0.343. The van der Waals surface area contributed by atoms with Crippen LogP contribution in [0.1, 0.15) is 72.6 Å². The lowest BCUT2D eigenvalue weighted by Crippen LogP contribution is -2.45. The number of nitrogens with one attached hydrogen (secondary N) is 3. The van der Waals surface area contributed by atoms with Crippen molar-refractivity contribution in [2.24, 2.45) is 5.92 Å². The molecule has 2 aliphatic rings. The van der Waals surface area contributed by atoms with Crippen LogP contribution in [-0.2, 0) is 0 Å². The van der Waals surface area contributed by atoms with Crippen molar-refractivity contribution < 1.29 is 9.50 Å². The molecule has 0 spiro atoms. The van der Waals surface area contributed by atoms with Crippen molar-refractivity contribution in [1.82, 2.24) is 15.3 Å². The van der Waals surface area contributed by atoms with Crippen LogP contribution in [0.4, 0.5) is 21.8 Å². The molecule has 1 aromatic heterocycles. The van der Waals surface area contributed by atoms with Gasteiger partial charge in [-0.05, 0) is 38.5 Å². The molecule has 2 unspecified atom stereocenters. The van der Waals surface area contributed by atoms with E-state index in [0.717, 1.165) is 55.8 Å². The number of aliphatic hydroxyl groups is 1.